The molecule has 0 saturated heterocycles. The highest BCUT2D eigenvalue weighted by atomic mass is 35.5. The number of rotatable bonds is 6. The van der Waals surface area contributed by atoms with Gasteiger partial charge in [0, 0.05) is 5.02 Å². The lowest BCUT2D eigenvalue weighted by molar-refractivity contribution is -0.118. The van der Waals surface area contributed by atoms with E-state index in [4.69, 9.17) is 21.1 Å². The zero-order chi connectivity index (χ0) is 21.1. The average molecular weight is 438 g/mol. The first-order valence-electron chi connectivity index (χ1n) is 7.64. The molecule has 0 heterocycles. The third-order valence-corrected chi connectivity index (χ3v) is 5.47. The van der Waals surface area contributed by atoms with E-state index in [9.17, 15) is 26.4 Å². The van der Waals surface area contributed by atoms with Crippen LogP contribution in [-0.4, -0.2) is 33.5 Å². The van der Waals surface area contributed by atoms with E-state index in [0.29, 0.717) is 16.8 Å². The van der Waals surface area contributed by atoms with E-state index in [1.807, 2.05) is 0 Å². The molecule has 0 radical (unpaired) electrons. The fourth-order valence-corrected chi connectivity index (χ4v) is 3.03. The molecule has 0 bridgehead atoms. The second-order valence-corrected chi connectivity index (χ2v) is 7.91. The normalized spacial score (nSPS) is 11.8. The highest BCUT2D eigenvalue weighted by Gasteiger charge is 2.47. The summed E-state index contributed by atoms with van der Waals surface area (Å²) in [7, 11) is -4.36. The molecule has 0 unspecified atom stereocenters. The number of ether oxygens (including phenoxy) is 2. The minimum absolute atomic E-state index is 0.0168. The Morgan fingerprint density at radius 2 is 1.86 bits per heavy atom. The number of aryl methyl sites for hydroxylation is 1. The van der Waals surface area contributed by atoms with Crippen molar-refractivity contribution in [1.82, 2.24) is 0 Å². The third kappa shape index (κ3) is 4.87. The van der Waals surface area contributed by atoms with Gasteiger partial charge in [0.05, 0.1) is 17.7 Å². The molecule has 0 aliphatic rings. The topological polar surface area (TPSA) is 81.7 Å². The number of anilines is 1. The largest absolute Gasteiger partial charge is 0.501 e. The number of benzene rings is 2. The first-order chi connectivity index (χ1) is 13.0. The Labute approximate surface area is 164 Å². The highest BCUT2D eigenvalue weighted by Crippen LogP contribution is 2.34. The lowest BCUT2D eigenvalue weighted by Gasteiger charge is -2.14. The van der Waals surface area contributed by atoms with Crippen molar-refractivity contribution in [2.24, 2.45) is 0 Å². The van der Waals surface area contributed by atoms with Crippen molar-refractivity contribution in [1.29, 1.82) is 0 Å². The summed E-state index contributed by atoms with van der Waals surface area (Å²) in [5.74, 6) is -0.387. The summed E-state index contributed by atoms with van der Waals surface area (Å²) in [6.45, 7) is 1.27. The van der Waals surface area contributed by atoms with Crippen LogP contribution in [0, 0.1) is 6.92 Å². The zero-order valence-corrected chi connectivity index (χ0v) is 16.2. The summed E-state index contributed by atoms with van der Waals surface area (Å²) < 4.78 is 71.5. The summed E-state index contributed by atoms with van der Waals surface area (Å²) in [5, 5.41) is 2.79. The van der Waals surface area contributed by atoms with Crippen LogP contribution in [0.1, 0.15) is 5.56 Å². The molecule has 152 valence electrons. The van der Waals surface area contributed by atoms with Gasteiger partial charge >= 0.3 is 5.51 Å². The summed E-state index contributed by atoms with van der Waals surface area (Å²) in [4.78, 5) is 11.1. The number of carbonyl (C=O) groups is 1. The van der Waals surface area contributed by atoms with Crippen LogP contribution in [0.15, 0.2) is 41.3 Å². The molecule has 1 amide bonds. The molecule has 1 N–H and O–H groups in total. The Morgan fingerprint density at radius 1 is 1.18 bits per heavy atom. The van der Waals surface area contributed by atoms with Crippen LogP contribution in [0.2, 0.25) is 5.02 Å². The Kier molecular flexibility index (Phi) is 6.45. The van der Waals surface area contributed by atoms with Gasteiger partial charge in [0.1, 0.15) is 11.5 Å². The number of methoxy groups -OCH3 is 1. The predicted octanol–water partition coefficient (Wildman–Crippen LogP) is 3.97. The zero-order valence-electron chi connectivity index (χ0n) is 14.6. The minimum Gasteiger partial charge on any atom is -0.495 e. The number of alkyl halides is 3. The second kappa shape index (κ2) is 8.27. The molecule has 0 fully saturated rings. The smallest absolute Gasteiger partial charge is 0.495 e. The van der Waals surface area contributed by atoms with E-state index < -0.39 is 32.8 Å². The number of carbonyl (C=O) groups excluding carboxylic acids is 1. The molecule has 0 aliphatic carbocycles. The Hall–Kier alpha value is -2.46. The fourth-order valence-electron chi connectivity index (χ4n) is 2.13. The van der Waals surface area contributed by atoms with Crippen LogP contribution in [0.4, 0.5) is 18.9 Å². The van der Waals surface area contributed by atoms with Crippen LogP contribution >= 0.6 is 11.6 Å². The number of halogens is 4. The third-order valence-electron chi connectivity index (χ3n) is 3.56. The van der Waals surface area contributed by atoms with Gasteiger partial charge in [-0.3, -0.25) is 4.79 Å². The molecular weight excluding hydrogens is 423 g/mol. The maximum Gasteiger partial charge on any atom is 0.501 e. The van der Waals surface area contributed by atoms with Gasteiger partial charge in [-0.05, 0) is 48.9 Å². The first kappa shape index (κ1) is 21.8. The summed E-state index contributed by atoms with van der Waals surface area (Å²) in [5.41, 5.74) is -4.99. The molecule has 6 nitrogen and oxygen atoms in total. The van der Waals surface area contributed by atoms with Crippen LogP contribution in [0.3, 0.4) is 0 Å². The Morgan fingerprint density at radius 3 is 2.43 bits per heavy atom. The van der Waals surface area contributed by atoms with Crippen LogP contribution < -0.4 is 14.8 Å². The molecule has 2 rings (SSSR count). The molecule has 2 aromatic rings. The molecule has 11 heteroatoms. The van der Waals surface area contributed by atoms with Crippen LogP contribution in [0.25, 0.3) is 0 Å². The van der Waals surface area contributed by atoms with E-state index in [0.717, 1.165) is 17.7 Å². The monoisotopic (exact) mass is 437 g/mol. The standard InChI is InChI=1S/C17H15ClF3NO5S/c1-10-7-11(3-5-13(10)18)27-9-16(23)22-14-8-12(4-6-15(14)26-2)28(24,25)17(19,20)21/h3-8H,9H2,1-2H3,(H,22,23). The summed E-state index contributed by atoms with van der Waals surface area (Å²) >= 11 is 5.89. The summed E-state index contributed by atoms with van der Waals surface area (Å²) in [6.07, 6.45) is 0. The van der Waals surface area contributed by atoms with E-state index in [1.54, 1.807) is 25.1 Å². The molecule has 0 saturated carbocycles. The van der Waals surface area contributed by atoms with Crippen LogP contribution in [0.5, 0.6) is 11.5 Å². The SMILES string of the molecule is COc1ccc(S(=O)(=O)C(F)(F)F)cc1NC(=O)COc1ccc(Cl)c(C)c1. The van der Waals surface area contributed by atoms with E-state index in [2.05, 4.69) is 5.32 Å². The van der Waals surface area contributed by atoms with Gasteiger partial charge < -0.3 is 14.8 Å². The maximum absolute atomic E-state index is 12.7. The molecule has 28 heavy (non-hydrogen) atoms. The van der Waals surface area contributed by atoms with Crippen molar-refractivity contribution in [3.63, 3.8) is 0 Å². The Balaban J connectivity index is 2.18. The fraction of sp³-hybridized carbons (Fsp3) is 0.235. The highest BCUT2D eigenvalue weighted by molar-refractivity contribution is 7.92. The average Bonchev–Trinajstić information content (AvgIpc) is 2.61. The molecule has 0 atom stereocenters. The summed E-state index contributed by atoms with van der Waals surface area (Å²) in [6, 6.07) is 7.15. The minimum atomic E-state index is -5.57. The quantitative estimate of drug-likeness (QED) is 0.739. The lowest BCUT2D eigenvalue weighted by Crippen LogP contribution is -2.24. The number of sulfone groups is 1. The van der Waals surface area contributed by atoms with Crippen LogP contribution in [-0.2, 0) is 14.6 Å². The van der Waals surface area contributed by atoms with E-state index >= 15 is 0 Å². The van der Waals surface area contributed by atoms with Crippen molar-refractivity contribution in [2.75, 3.05) is 19.0 Å². The van der Waals surface area contributed by atoms with Gasteiger partial charge in [-0.1, -0.05) is 11.6 Å². The van der Waals surface area contributed by atoms with Gasteiger partial charge in [-0.15, -0.1) is 0 Å². The van der Waals surface area contributed by atoms with Gasteiger partial charge in [0.2, 0.25) is 0 Å². The van der Waals surface area contributed by atoms with Gasteiger partial charge in [0.25, 0.3) is 15.7 Å². The van der Waals surface area contributed by atoms with Gasteiger partial charge in [-0.25, -0.2) is 8.42 Å². The molecule has 0 aliphatic heterocycles. The van der Waals surface area contributed by atoms with Crippen molar-refractivity contribution >= 4 is 33.0 Å². The number of hydrogen-bond acceptors (Lipinski definition) is 5. The lowest BCUT2D eigenvalue weighted by atomic mass is 10.2. The predicted molar refractivity (Wildman–Crippen MR) is 96.5 cm³/mol. The molecular formula is C17H15ClF3NO5S. The van der Waals surface area contributed by atoms with Crippen molar-refractivity contribution in [3.8, 4) is 11.5 Å². The van der Waals surface area contributed by atoms with Crippen molar-refractivity contribution in [2.45, 2.75) is 17.3 Å². The van der Waals surface area contributed by atoms with E-state index in [1.165, 1.54) is 7.11 Å². The van der Waals surface area contributed by atoms with Gasteiger partial charge in [0.15, 0.2) is 6.61 Å². The first-order valence-corrected chi connectivity index (χ1v) is 9.50. The second-order valence-electron chi connectivity index (χ2n) is 5.56. The van der Waals surface area contributed by atoms with Crippen molar-refractivity contribution in [3.05, 3.63) is 47.0 Å². The molecule has 0 spiro atoms. The van der Waals surface area contributed by atoms with E-state index in [-0.39, 0.29) is 11.4 Å². The number of hydrogen-bond donors (Lipinski definition) is 1. The molecule has 0 aromatic heterocycles. The van der Waals surface area contributed by atoms with Gasteiger partial charge in [-0.2, -0.15) is 13.2 Å². The number of nitrogens with one attached hydrogen (secondary N) is 1. The number of amides is 1. The Bertz CT molecular complexity index is 993. The molecule has 2 aromatic carbocycles. The van der Waals surface area contributed by atoms with Crippen molar-refractivity contribution < 1.29 is 35.9 Å². The maximum atomic E-state index is 12.7.